The van der Waals surface area contributed by atoms with Crippen molar-refractivity contribution in [1.82, 2.24) is 0 Å². The third kappa shape index (κ3) is 1.27. The van der Waals surface area contributed by atoms with Crippen LogP contribution in [0.4, 0.5) is 4.39 Å². The molecular weight excluding hydrogens is 177 g/mol. The highest BCUT2D eigenvalue weighted by Crippen LogP contribution is 2.37. The maximum Gasteiger partial charge on any atom is 0.158 e. The first-order chi connectivity index (χ1) is 6.30. The highest BCUT2D eigenvalue weighted by Gasteiger charge is 2.48. The normalized spacial score (nSPS) is 42.8. The molecule has 13 heavy (non-hydrogen) atoms. The summed E-state index contributed by atoms with van der Waals surface area (Å²) in [5.41, 5.74) is 7.31. The number of alkyl halides is 1. The van der Waals surface area contributed by atoms with Crippen molar-refractivity contribution in [2.24, 2.45) is 5.11 Å². The summed E-state index contributed by atoms with van der Waals surface area (Å²) in [5.74, 6) is 0. The fourth-order valence-corrected chi connectivity index (χ4v) is 1.80. The van der Waals surface area contributed by atoms with Crippen molar-refractivity contribution in [1.29, 1.82) is 0 Å². The molecule has 0 saturated carbocycles. The van der Waals surface area contributed by atoms with Crippen molar-refractivity contribution in [3.8, 4) is 0 Å². The van der Waals surface area contributed by atoms with Crippen molar-refractivity contribution in [2.75, 3.05) is 13.3 Å². The average Bonchev–Trinajstić information content (AvgIpc) is 2.56. The zero-order valence-corrected chi connectivity index (χ0v) is 7.02. The van der Waals surface area contributed by atoms with Crippen LogP contribution in [0.15, 0.2) is 5.11 Å². The third-order valence-electron chi connectivity index (χ3n) is 2.64. The van der Waals surface area contributed by atoms with Gasteiger partial charge in [0.1, 0.15) is 12.2 Å². The first-order valence-electron chi connectivity index (χ1n) is 4.20. The van der Waals surface area contributed by atoms with Gasteiger partial charge in [0.2, 0.25) is 0 Å². The summed E-state index contributed by atoms with van der Waals surface area (Å²) in [6, 6.07) is 0. The molecule has 2 aliphatic rings. The summed E-state index contributed by atoms with van der Waals surface area (Å²) in [7, 11) is 0. The molecule has 3 unspecified atom stereocenters. The number of hydrogen-bond acceptors (Lipinski definition) is 3. The van der Waals surface area contributed by atoms with Crippen LogP contribution in [0, 0.1) is 0 Å². The summed E-state index contributed by atoms with van der Waals surface area (Å²) in [6.07, 6.45) is 0.466. The van der Waals surface area contributed by atoms with Crippen LogP contribution < -0.4 is 0 Å². The lowest BCUT2D eigenvalue weighted by molar-refractivity contribution is -0.108. The molecular formula is C7H10FN3O2. The van der Waals surface area contributed by atoms with Crippen LogP contribution >= 0.6 is 0 Å². The molecule has 2 fully saturated rings. The highest BCUT2D eigenvalue weighted by atomic mass is 19.1. The Balaban J connectivity index is 2.23. The van der Waals surface area contributed by atoms with Crippen LogP contribution in [0.1, 0.15) is 12.8 Å². The maximum atomic E-state index is 12.8. The van der Waals surface area contributed by atoms with Gasteiger partial charge in [0.25, 0.3) is 0 Å². The number of halogens is 1. The third-order valence-corrected chi connectivity index (χ3v) is 2.64. The van der Waals surface area contributed by atoms with Crippen molar-refractivity contribution < 1.29 is 13.9 Å². The van der Waals surface area contributed by atoms with E-state index in [9.17, 15) is 4.39 Å². The monoisotopic (exact) mass is 187 g/mol. The molecule has 6 heteroatoms. The fourth-order valence-electron chi connectivity index (χ4n) is 1.80. The molecule has 0 amide bonds. The molecule has 0 radical (unpaired) electrons. The molecule has 0 aromatic carbocycles. The van der Waals surface area contributed by atoms with Gasteiger partial charge in [-0.1, -0.05) is 5.11 Å². The van der Waals surface area contributed by atoms with Gasteiger partial charge in [-0.3, -0.25) is 4.39 Å². The molecule has 2 bridgehead atoms. The number of nitrogens with zero attached hydrogens (tertiary/aromatic N) is 3. The Morgan fingerprint density at radius 3 is 3.23 bits per heavy atom. The Morgan fingerprint density at radius 2 is 2.54 bits per heavy atom. The predicted octanol–water partition coefficient (Wildman–Crippen LogP) is 1.54. The van der Waals surface area contributed by atoms with Gasteiger partial charge in [-0.05, 0) is 18.4 Å². The van der Waals surface area contributed by atoms with Crippen molar-refractivity contribution >= 4 is 0 Å². The van der Waals surface area contributed by atoms with Crippen molar-refractivity contribution in [3.63, 3.8) is 0 Å². The quantitative estimate of drug-likeness (QED) is 0.374. The second-order valence-corrected chi connectivity index (χ2v) is 3.35. The Bertz CT molecular complexity index is 256. The molecule has 0 N–H and O–H groups in total. The number of azide groups is 1. The van der Waals surface area contributed by atoms with Crippen LogP contribution in [0.5, 0.6) is 0 Å². The number of fused-ring (bicyclic) bond motifs is 2. The van der Waals surface area contributed by atoms with E-state index in [4.69, 9.17) is 15.0 Å². The lowest BCUT2D eigenvalue weighted by Crippen LogP contribution is -2.47. The lowest BCUT2D eigenvalue weighted by Gasteiger charge is -2.34. The van der Waals surface area contributed by atoms with Gasteiger partial charge in [-0.25, -0.2) is 0 Å². The van der Waals surface area contributed by atoms with Crippen LogP contribution in [-0.2, 0) is 9.47 Å². The lowest BCUT2D eigenvalue weighted by atomic mass is 9.88. The molecule has 2 aliphatic heterocycles. The first kappa shape index (κ1) is 8.74. The second kappa shape index (κ2) is 3.14. The molecule has 2 rings (SSSR count). The van der Waals surface area contributed by atoms with Gasteiger partial charge >= 0.3 is 0 Å². The van der Waals surface area contributed by atoms with Crippen LogP contribution in [0.25, 0.3) is 10.4 Å². The Labute approximate surface area is 74.4 Å². The number of ether oxygens (including phenoxy) is 2. The molecule has 2 saturated heterocycles. The Morgan fingerprint density at radius 1 is 1.69 bits per heavy atom. The number of hydrogen-bond donors (Lipinski definition) is 0. The molecule has 0 aromatic heterocycles. The van der Waals surface area contributed by atoms with E-state index in [-0.39, 0.29) is 6.29 Å². The minimum Gasteiger partial charge on any atom is -0.350 e. The Kier molecular flexibility index (Phi) is 2.11. The average molecular weight is 187 g/mol. The standard InChI is InChI=1S/C7H10FN3O2/c8-4-7(10-11-9)2-1-6-12-3-5(7)13-6/h5-6H,1-4H2. The zero-order valence-electron chi connectivity index (χ0n) is 7.02. The minimum atomic E-state index is -1.03. The van der Waals surface area contributed by atoms with E-state index >= 15 is 0 Å². The van der Waals surface area contributed by atoms with Crippen LogP contribution in [0.3, 0.4) is 0 Å². The van der Waals surface area contributed by atoms with Crippen LogP contribution in [0.2, 0.25) is 0 Å². The van der Waals surface area contributed by atoms with E-state index in [2.05, 4.69) is 10.0 Å². The van der Waals surface area contributed by atoms with Gasteiger partial charge in [0, 0.05) is 4.91 Å². The summed E-state index contributed by atoms with van der Waals surface area (Å²) in [4.78, 5) is 2.67. The first-order valence-corrected chi connectivity index (χ1v) is 4.20. The predicted molar refractivity (Wildman–Crippen MR) is 41.7 cm³/mol. The largest absolute Gasteiger partial charge is 0.350 e. The van der Waals surface area contributed by atoms with E-state index in [0.29, 0.717) is 19.4 Å². The molecule has 3 atom stereocenters. The maximum absolute atomic E-state index is 12.8. The molecule has 2 heterocycles. The molecule has 0 aromatic rings. The van der Waals surface area contributed by atoms with Crippen molar-refractivity contribution in [2.45, 2.75) is 30.8 Å². The highest BCUT2D eigenvalue weighted by molar-refractivity contribution is 5.01. The van der Waals surface area contributed by atoms with E-state index in [0.717, 1.165) is 0 Å². The molecule has 5 nitrogen and oxygen atoms in total. The summed E-state index contributed by atoms with van der Waals surface area (Å²) in [5, 5.41) is 3.51. The van der Waals surface area contributed by atoms with E-state index in [1.165, 1.54) is 0 Å². The summed E-state index contributed by atoms with van der Waals surface area (Å²) < 4.78 is 23.3. The minimum absolute atomic E-state index is 0.224. The SMILES string of the molecule is [N-]=[N+]=NC1(CF)CCC2OCC1O2. The van der Waals surface area contributed by atoms with E-state index < -0.39 is 18.3 Å². The number of rotatable bonds is 2. The summed E-state index contributed by atoms with van der Waals surface area (Å²) >= 11 is 0. The Hall–Kier alpha value is -0.840. The van der Waals surface area contributed by atoms with Gasteiger partial charge in [-0.15, -0.1) is 0 Å². The van der Waals surface area contributed by atoms with E-state index in [1.807, 2.05) is 0 Å². The molecule has 72 valence electrons. The summed E-state index contributed by atoms with van der Waals surface area (Å²) in [6.45, 7) is -0.356. The second-order valence-electron chi connectivity index (χ2n) is 3.35. The molecule has 0 spiro atoms. The van der Waals surface area contributed by atoms with E-state index in [1.54, 1.807) is 0 Å². The fraction of sp³-hybridized carbons (Fsp3) is 1.00. The van der Waals surface area contributed by atoms with Crippen LogP contribution in [-0.4, -0.2) is 31.2 Å². The van der Waals surface area contributed by atoms with Gasteiger partial charge in [0.05, 0.1) is 12.7 Å². The van der Waals surface area contributed by atoms with Crippen molar-refractivity contribution in [3.05, 3.63) is 10.4 Å². The van der Waals surface area contributed by atoms with Gasteiger partial charge < -0.3 is 9.47 Å². The van der Waals surface area contributed by atoms with Gasteiger partial charge in [0.15, 0.2) is 6.29 Å². The zero-order chi connectivity index (χ0) is 9.31. The smallest absolute Gasteiger partial charge is 0.158 e. The van der Waals surface area contributed by atoms with Gasteiger partial charge in [-0.2, -0.15) is 0 Å². The topological polar surface area (TPSA) is 67.2 Å². The molecule has 0 aliphatic carbocycles.